The molecule has 2 saturated heterocycles. The first-order valence-corrected chi connectivity index (χ1v) is 23.5. The highest BCUT2D eigenvalue weighted by Crippen LogP contribution is 2.40. The van der Waals surface area contributed by atoms with Crippen LogP contribution in [0.5, 0.6) is 0 Å². The van der Waals surface area contributed by atoms with Crippen LogP contribution >= 0.6 is 0 Å². The van der Waals surface area contributed by atoms with E-state index in [1.54, 1.807) is 0 Å². The lowest BCUT2D eigenvalue weighted by atomic mass is 9.99. The molecule has 2 fully saturated rings. The van der Waals surface area contributed by atoms with Crippen LogP contribution in [0.1, 0.15) is 0 Å². The lowest BCUT2D eigenvalue weighted by molar-refractivity contribution is -0.384. The van der Waals surface area contributed by atoms with Gasteiger partial charge >= 0.3 is 71.6 Å². The van der Waals surface area contributed by atoms with Crippen molar-refractivity contribution in [3.8, 4) is 0 Å². The highest BCUT2D eigenvalue weighted by atomic mass is 16.8. The zero-order valence-corrected chi connectivity index (χ0v) is 42.3. The zero-order valence-electron chi connectivity index (χ0n) is 42.3. The summed E-state index contributed by atoms with van der Waals surface area (Å²) >= 11 is 0. The summed E-state index contributed by atoms with van der Waals surface area (Å²) in [5.41, 5.74) is 0. The fourth-order valence-corrected chi connectivity index (χ4v) is 7.87. The van der Waals surface area contributed by atoms with Crippen LogP contribution in [0.15, 0.2) is 0 Å². The third kappa shape index (κ3) is 25.0. The largest absolute Gasteiger partial charge is 0.480 e. The van der Waals surface area contributed by atoms with E-state index in [9.17, 15) is 129 Å². The molecule has 454 valence electrons. The van der Waals surface area contributed by atoms with Crippen LogP contribution in [0, 0.1) is 0 Å². The maximum Gasteiger partial charge on any atom is 0.320 e. The number of hydrogen-bond donors (Lipinski definition) is 14. The first-order valence-electron chi connectivity index (χ1n) is 23.5. The molecule has 14 N–H and O–H groups in total. The van der Waals surface area contributed by atoms with E-state index in [0.29, 0.717) is 0 Å². The summed E-state index contributed by atoms with van der Waals surface area (Å²) in [6.07, 6.45) is -17.9. The van der Waals surface area contributed by atoms with Gasteiger partial charge < -0.3 is 99.9 Å². The van der Waals surface area contributed by atoms with E-state index in [-0.39, 0.29) is 0 Å². The molecule has 0 spiro atoms. The van der Waals surface area contributed by atoms with Gasteiger partial charge in [-0.15, -0.1) is 0 Å². The van der Waals surface area contributed by atoms with Crippen LogP contribution in [0.4, 0.5) is 0 Å². The molecule has 0 aromatic carbocycles. The maximum absolute atomic E-state index is 14.1. The SMILES string of the molecule is O=C(O)CN(CCN(CC(=O)O)CC(=O)OC[C@@]1(O[C@H]2O[C@H](CO)[C@@H](O)[C@H](O)[C@H]2O)O[C@H](CO)[C@@H](OC(=O)CN(CCN(CC(=O)O)CC(=O)O)CC(=O)O)[C@@H]1OC(=O)CN(CCN(CC(=O)O)CC(=O)O)CC(=O)O)CC(=O)O. The molecule has 2 heterocycles. The maximum atomic E-state index is 14.1. The average Bonchev–Trinajstić information content (AvgIpc) is 3.59. The molecule has 2 aliphatic heterocycles. The molecule has 0 radical (unpaired) electrons. The Labute approximate surface area is 450 Å². The molecule has 0 aromatic rings. The van der Waals surface area contributed by atoms with Crippen LogP contribution < -0.4 is 0 Å². The molecule has 80 heavy (non-hydrogen) atoms. The van der Waals surface area contributed by atoms with Gasteiger partial charge in [-0.1, -0.05) is 0 Å². The van der Waals surface area contributed by atoms with Crippen molar-refractivity contribution < 1.29 is 157 Å². The van der Waals surface area contributed by atoms with Crippen LogP contribution in [-0.2, 0) is 86.0 Å². The molecule has 2 aliphatic rings. The Morgan fingerprint density at radius 1 is 0.388 bits per heavy atom. The molecule has 0 aromatic heterocycles. The quantitative estimate of drug-likeness (QED) is 0.0200. The highest BCUT2D eigenvalue weighted by molar-refractivity contribution is 5.77. The Balaban J connectivity index is 2.82. The molecule has 9 atom stereocenters. The minimum atomic E-state index is -3.18. The third-order valence-electron chi connectivity index (χ3n) is 11.2. The average molecular weight is 1160 g/mol. The van der Waals surface area contributed by atoms with Crippen LogP contribution in [0.3, 0.4) is 0 Å². The predicted molar refractivity (Wildman–Crippen MR) is 248 cm³/mol. The number of carboxylic acids is 9. The standard InChI is InChI=1S/C42H64N6O32/c49-19-22-36(72)37(73)38(74)41(76-22)80-42(21-75-33(69)16-46(13-30(63)64)4-1-43(7-24(51)52)8-25(53)54)40(78-35(71)18-48(15-32(67)68)6-3-45(11-28(59)60)12-29(61)62)39(23(20-50)79-42)77-34(70)17-47(14-31(65)66)5-2-44(9-26(55)56)10-27(57)58/h22-23,36-41,49-50,72-74H,1-21H2,(H,51,52)(H,53,54)(H,55,56)(H,57,58)(H,59,60)(H,61,62)(H,63,64)(H,65,66)(H,67,68)/t22-,23-,36-,37+,38-,39-,40+,41-,42+/m1/s1. The molecule has 0 bridgehead atoms. The van der Waals surface area contributed by atoms with Crippen LogP contribution in [0.2, 0.25) is 0 Å². The van der Waals surface area contributed by atoms with E-state index < -0.39 is 264 Å². The van der Waals surface area contributed by atoms with Gasteiger partial charge in [0.1, 0.15) is 37.1 Å². The first-order chi connectivity index (χ1) is 37.4. The molecule has 0 unspecified atom stereocenters. The molecule has 0 aliphatic carbocycles. The molecule has 0 saturated carbocycles. The van der Waals surface area contributed by atoms with Crippen molar-refractivity contribution in [1.29, 1.82) is 0 Å². The lowest BCUT2D eigenvalue weighted by Gasteiger charge is -2.43. The number of aliphatic hydroxyl groups is 5. The lowest BCUT2D eigenvalue weighted by Crippen LogP contribution is -2.63. The van der Waals surface area contributed by atoms with Gasteiger partial charge in [-0.05, 0) is 0 Å². The molecule has 0 amide bonds. The smallest absolute Gasteiger partial charge is 0.320 e. The number of carbonyl (C=O) groups is 12. The Bertz CT molecular complexity index is 2120. The molecule has 2 rings (SSSR count). The molecular weight excluding hydrogens is 1100 g/mol. The van der Waals surface area contributed by atoms with Crippen molar-refractivity contribution in [3.05, 3.63) is 0 Å². The minimum absolute atomic E-state index is 0.488. The van der Waals surface area contributed by atoms with Crippen molar-refractivity contribution in [2.75, 3.05) is 138 Å². The Hall–Kier alpha value is -6.92. The Kier molecular flexibility index (Phi) is 29.1. The second-order valence-electron chi connectivity index (χ2n) is 17.8. The van der Waals surface area contributed by atoms with Gasteiger partial charge in [0.15, 0.2) is 18.5 Å². The number of aliphatic carboxylic acids is 9. The van der Waals surface area contributed by atoms with Gasteiger partial charge in [0.25, 0.3) is 0 Å². The van der Waals surface area contributed by atoms with Gasteiger partial charge in [0.2, 0.25) is 5.79 Å². The minimum Gasteiger partial charge on any atom is -0.480 e. The summed E-state index contributed by atoms with van der Waals surface area (Å²) < 4.78 is 34.0. The van der Waals surface area contributed by atoms with Crippen molar-refractivity contribution >= 4 is 71.6 Å². The summed E-state index contributed by atoms with van der Waals surface area (Å²) in [6.45, 7) is -18.8. The van der Waals surface area contributed by atoms with Crippen LogP contribution in [0.25, 0.3) is 0 Å². The topological polar surface area (TPSA) is 563 Å². The summed E-state index contributed by atoms with van der Waals surface area (Å²) in [4.78, 5) is 151. The second kappa shape index (κ2) is 33.6. The highest BCUT2D eigenvalue weighted by Gasteiger charge is 2.64. The fraction of sp³-hybridized carbons (Fsp3) is 0.714. The predicted octanol–water partition coefficient (Wildman–Crippen LogP) is -10.2. The number of rotatable bonds is 41. The number of carbonyl (C=O) groups excluding carboxylic acids is 3. The second-order valence-corrected chi connectivity index (χ2v) is 17.8. The summed E-state index contributed by atoms with van der Waals surface area (Å²) in [6, 6.07) is 0. The van der Waals surface area contributed by atoms with Crippen molar-refractivity contribution in [2.45, 2.75) is 54.8 Å². The number of hydrogen-bond acceptors (Lipinski definition) is 29. The third-order valence-corrected chi connectivity index (χ3v) is 11.2. The van der Waals surface area contributed by atoms with Crippen molar-refractivity contribution in [1.82, 2.24) is 29.4 Å². The van der Waals surface area contributed by atoms with Gasteiger partial charge in [-0.25, -0.2) is 0 Å². The van der Waals surface area contributed by atoms with E-state index >= 15 is 0 Å². The number of carboxylic acid groups (broad SMARTS) is 9. The van der Waals surface area contributed by atoms with E-state index in [1.807, 2.05) is 0 Å². The van der Waals surface area contributed by atoms with Gasteiger partial charge in [0, 0.05) is 39.3 Å². The Morgan fingerprint density at radius 3 is 1.00 bits per heavy atom. The van der Waals surface area contributed by atoms with Gasteiger partial charge in [0.05, 0.1) is 91.8 Å². The first kappa shape index (κ1) is 69.2. The number of nitrogens with zero attached hydrogens (tertiary/aromatic N) is 6. The fourth-order valence-electron chi connectivity index (χ4n) is 7.87. The monoisotopic (exact) mass is 1160 g/mol. The van der Waals surface area contributed by atoms with E-state index in [0.717, 1.165) is 29.4 Å². The summed E-state index contributed by atoms with van der Waals surface area (Å²) in [5.74, 6) is -21.5. The molecular formula is C42H64N6O32. The summed E-state index contributed by atoms with van der Waals surface area (Å²) in [7, 11) is 0. The Morgan fingerprint density at radius 2 is 0.688 bits per heavy atom. The number of ether oxygens (including phenoxy) is 6. The van der Waals surface area contributed by atoms with Crippen LogP contribution in [-0.4, -0.2) is 365 Å². The number of esters is 3. The zero-order chi connectivity index (χ0) is 60.6. The van der Waals surface area contributed by atoms with Gasteiger partial charge in [-0.3, -0.25) is 86.9 Å². The van der Waals surface area contributed by atoms with Crippen molar-refractivity contribution in [3.63, 3.8) is 0 Å². The van der Waals surface area contributed by atoms with E-state index in [1.165, 1.54) is 0 Å². The van der Waals surface area contributed by atoms with Gasteiger partial charge in [-0.2, -0.15) is 0 Å². The van der Waals surface area contributed by atoms with E-state index in [2.05, 4.69) is 0 Å². The molecule has 38 nitrogen and oxygen atoms in total. The van der Waals surface area contributed by atoms with Crippen molar-refractivity contribution in [2.24, 2.45) is 0 Å². The van der Waals surface area contributed by atoms with E-state index in [4.69, 9.17) is 28.4 Å². The molecule has 38 heteroatoms. The normalized spacial score (nSPS) is 22.8. The summed E-state index contributed by atoms with van der Waals surface area (Å²) in [5, 5.41) is 138. The number of aliphatic hydroxyl groups excluding tert-OH is 5.